The highest BCUT2D eigenvalue weighted by Crippen LogP contribution is 2.47. The van der Waals surface area contributed by atoms with E-state index in [1.54, 1.807) is 0 Å². The molecule has 0 N–H and O–H groups in total. The highest BCUT2D eigenvalue weighted by molar-refractivity contribution is 5.50. The van der Waals surface area contributed by atoms with Gasteiger partial charge in [0.05, 0.1) is 0 Å². The van der Waals surface area contributed by atoms with Gasteiger partial charge < -0.3 is 9.47 Å². The van der Waals surface area contributed by atoms with E-state index >= 15 is 0 Å². The predicted molar refractivity (Wildman–Crippen MR) is 86.5 cm³/mol. The molecule has 3 heteroatoms. The largest absolute Gasteiger partial charge is 0.454 e. The van der Waals surface area contributed by atoms with Crippen LogP contribution in [-0.4, -0.2) is 25.3 Å². The minimum Gasteiger partial charge on any atom is -0.454 e. The first kappa shape index (κ1) is 13.6. The maximum absolute atomic E-state index is 5.55. The highest BCUT2D eigenvalue weighted by Gasteiger charge is 2.34. The Kier molecular flexibility index (Phi) is 3.30. The van der Waals surface area contributed by atoms with Gasteiger partial charge in [0, 0.05) is 12.0 Å². The Balaban J connectivity index is 1.74. The molecule has 2 atom stereocenters. The van der Waals surface area contributed by atoms with Crippen LogP contribution in [0.2, 0.25) is 0 Å². The molecule has 4 rings (SSSR count). The van der Waals surface area contributed by atoms with Crippen LogP contribution in [0.5, 0.6) is 11.5 Å². The zero-order chi connectivity index (χ0) is 15.1. The normalized spacial score (nSPS) is 22.1. The topological polar surface area (TPSA) is 21.7 Å². The molecule has 0 unspecified atom stereocenters. The third-order valence-corrected chi connectivity index (χ3v) is 5.02. The zero-order valence-corrected chi connectivity index (χ0v) is 13.1. The monoisotopic (exact) mass is 295 g/mol. The number of rotatable bonds is 3. The summed E-state index contributed by atoms with van der Waals surface area (Å²) < 4.78 is 11.0. The first-order valence-electron chi connectivity index (χ1n) is 7.96. The number of nitrogens with zero attached hydrogens (tertiary/aromatic N) is 1. The van der Waals surface area contributed by atoms with Crippen molar-refractivity contribution in [1.82, 2.24) is 4.90 Å². The first-order valence-corrected chi connectivity index (χ1v) is 7.96. The van der Waals surface area contributed by atoms with E-state index in [1.807, 2.05) is 6.07 Å². The van der Waals surface area contributed by atoms with Crippen molar-refractivity contribution >= 4 is 0 Å². The van der Waals surface area contributed by atoms with Crippen LogP contribution in [0.1, 0.15) is 42.0 Å². The lowest BCUT2D eigenvalue weighted by Gasteiger charge is -2.23. The second-order valence-electron chi connectivity index (χ2n) is 6.12. The van der Waals surface area contributed by atoms with E-state index in [4.69, 9.17) is 9.47 Å². The van der Waals surface area contributed by atoms with Gasteiger partial charge in [0.25, 0.3) is 0 Å². The Morgan fingerprint density at radius 1 is 1.05 bits per heavy atom. The summed E-state index contributed by atoms with van der Waals surface area (Å²) in [6.07, 6.45) is 1.13. The van der Waals surface area contributed by atoms with E-state index < -0.39 is 0 Å². The number of hydrogen-bond acceptors (Lipinski definition) is 3. The van der Waals surface area contributed by atoms with Crippen LogP contribution in [0.3, 0.4) is 0 Å². The van der Waals surface area contributed by atoms with Crippen LogP contribution < -0.4 is 9.47 Å². The molecule has 0 radical (unpaired) electrons. The zero-order valence-electron chi connectivity index (χ0n) is 13.1. The van der Waals surface area contributed by atoms with Gasteiger partial charge in [-0.15, -0.1) is 0 Å². The summed E-state index contributed by atoms with van der Waals surface area (Å²) in [5, 5.41) is 0. The number of hydrogen-bond donors (Lipinski definition) is 0. The minimum absolute atomic E-state index is 0.335. The summed E-state index contributed by atoms with van der Waals surface area (Å²) in [5.41, 5.74) is 4.24. The van der Waals surface area contributed by atoms with Gasteiger partial charge in [-0.1, -0.05) is 37.3 Å². The summed E-state index contributed by atoms with van der Waals surface area (Å²) >= 11 is 0. The molecular weight excluding hydrogens is 274 g/mol. The van der Waals surface area contributed by atoms with Crippen molar-refractivity contribution in [3.63, 3.8) is 0 Å². The van der Waals surface area contributed by atoms with Crippen molar-refractivity contribution in [3.8, 4) is 11.5 Å². The summed E-state index contributed by atoms with van der Waals surface area (Å²) in [5.74, 6) is 2.17. The van der Waals surface area contributed by atoms with Gasteiger partial charge in [-0.25, -0.2) is 0 Å². The molecule has 0 amide bonds. The van der Waals surface area contributed by atoms with E-state index in [2.05, 4.69) is 55.3 Å². The van der Waals surface area contributed by atoms with Gasteiger partial charge >= 0.3 is 0 Å². The molecule has 0 saturated heterocycles. The summed E-state index contributed by atoms with van der Waals surface area (Å²) in [7, 11) is 2.21. The average molecular weight is 295 g/mol. The minimum atomic E-state index is 0.335. The Morgan fingerprint density at radius 2 is 1.82 bits per heavy atom. The predicted octanol–water partition coefficient (Wildman–Crippen LogP) is 3.94. The van der Waals surface area contributed by atoms with Gasteiger partial charge in [0.15, 0.2) is 11.5 Å². The third kappa shape index (κ3) is 2.08. The molecule has 1 aliphatic carbocycles. The third-order valence-electron chi connectivity index (χ3n) is 5.02. The molecule has 114 valence electrons. The number of benzene rings is 2. The molecule has 0 aromatic heterocycles. The van der Waals surface area contributed by atoms with Crippen molar-refractivity contribution in [2.45, 2.75) is 25.3 Å². The molecule has 3 nitrogen and oxygen atoms in total. The average Bonchev–Trinajstić information content (AvgIpc) is 3.17. The van der Waals surface area contributed by atoms with Crippen molar-refractivity contribution in [2.75, 3.05) is 20.4 Å². The quantitative estimate of drug-likeness (QED) is 0.856. The van der Waals surface area contributed by atoms with Crippen LogP contribution in [0, 0.1) is 0 Å². The lowest BCUT2D eigenvalue weighted by Crippen LogP contribution is -2.22. The first-order chi connectivity index (χ1) is 10.8. The Labute approximate surface area is 131 Å². The lowest BCUT2D eigenvalue weighted by atomic mass is 9.92. The summed E-state index contributed by atoms with van der Waals surface area (Å²) in [6.45, 7) is 3.62. The fourth-order valence-electron chi connectivity index (χ4n) is 3.69. The van der Waals surface area contributed by atoms with Crippen molar-refractivity contribution < 1.29 is 9.47 Å². The van der Waals surface area contributed by atoms with E-state index in [-0.39, 0.29) is 0 Å². The van der Waals surface area contributed by atoms with Crippen LogP contribution in [0.4, 0.5) is 0 Å². The van der Waals surface area contributed by atoms with Crippen molar-refractivity contribution in [2.24, 2.45) is 0 Å². The highest BCUT2D eigenvalue weighted by atomic mass is 16.7. The Hall–Kier alpha value is -2.00. The standard InChI is InChI=1S/C19H21NO2/c1-3-20(2)17-11-16(14-6-4-5-7-15(14)17)13-8-9-18-19(10-13)22-12-21-18/h4-10,16-17H,3,11-12H2,1-2H3/t16-,17+/m0/s1. The van der Waals surface area contributed by atoms with E-state index in [0.717, 1.165) is 24.5 Å². The summed E-state index contributed by atoms with van der Waals surface area (Å²) in [6, 6.07) is 15.7. The molecule has 2 aliphatic rings. The van der Waals surface area contributed by atoms with Gasteiger partial charge in [0.2, 0.25) is 6.79 Å². The smallest absolute Gasteiger partial charge is 0.231 e. The van der Waals surface area contributed by atoms with Crippen LogP contribution in [-0.2, 0) is 0 Å². The number of ether oxygens (including phenoxy) is 2. The van der Waals surface area contributed by atoms with Gasteiger partial charge in [-0.3, -0.25) is 4.90 Å². The molecule has 2 aromatic rings. The fraction of sp³-hybridized carbons (Fsp3) is 0.368. The molecule has 1 aliphatic heterocycles. The summed E-state index contributed by atoms with van der Waals surface area (Å²) in [4.78, 5) is 2.44. The van der Waals surface area contributed by atoms with E-state index in [1.165, 1.54) is 16.7 Å². The molecule has 0 bridgehead atoms. The van der Waals surface area contributed by atoms with E-state index in [9.17, 15) is 0 Å². The molecular formula is C19H21NO2. The van der Waals surface area contributed by atoms with E-state index in [0.29, 0.717) is 18.8 Å². The Morgan fingerprint density at radius 3 is 2.64 bits per heavy atom. The maximum atomic E-state index is 5.55. The molecule has 1 heterocycles. The fourth-order valence-corrected chi connectivity index (χ4v) is 3.69. The van der Waals surface area contributed by atoms with Crippen molar-refractivity contribution in [1.29, 1.82) is 0 Å². The maximum Gasteiger partial charge on any atom is 0.231 e. The second kappa shape index (κ2) is 5.33. The van der Waals surface area contributed by atoms with Crippen LogP contribution in [0.15, 0.2) is 42.5 Å². The van der Waals surface area contributed by atoms with Crippen molar-refractivity contribution in [3.05, 3.63) is 59.2 Å². The Bertz CT molecular complexity index is 698. The molecule has 0 saturated carbocycles. The molecule has 22 heavy (non-hydrogen) atoms. The number of fused-ring (bicyclic) bond motifs is 2. The lowest BCUT2D eigenvalue weighted by molar-refractivity contribution is 0.174. The van der Waals surface area contributed by atoms with Crippen LogP contribution in [0.25, 0.3) is 0 Å². The molecule has 2 aromatic carbocycles. The second-order valence-corrected chi connectivity index (χ2v) is 6.12. The van der Waals surface area contributed by atoms with Gasteiger partial charge in [0.1, 0.15) is 0 Å². The van der Waals surface area contributed by atoms with Gasteiger partial charge in [-0.2, -0.15) is 0 Å². The SMILES string of the molecule is CCN(C)[C@@H]1C[C@@H](c2ccc3c(c2)OCO3)c2ccccc21. The molecule has 0 fully saturated rings. The van der Waals surface area contributed by atoms with Crippen LogP contribution >= 0.6 is 0 Å². The van der Waals surface area contributed by atoms with Gasteiger partial charge in [-0.05, 0) is 48.8 Å². The molecule has 0 spiro atoms.